The number of nitrogens with zero attached hydrogens (tertiary/aromatic N) is 3. The molecule has 0 unspecified atom stereocenters. The molecule has 5 rings (SSSR count). The molecule has 0 atom stereocenters. The molecule has 2 aromatic carbocycles. The highest BCUT2D eigenvalue weighted by molar-refractivity contribution is 5.98. The summed E-state index contributed by atoms with van der Waals surface area (Å²) in [6.45, 7) is 4.95. The summed E-state index contributed by atoms with van der Waals surface area (Å²) in [6, 6.07) is 4.55. The number of nitrogens with one attached hydrogen (secondary N) is 2. The molecule has 0 saturated carbocycles. The van der Waals surface area contributed by atoms with Gasteiger partial charge < -0.3 is 10.3 Å². The Morgan fingerprint density at radius 2 is 1.81 bits per heavy atom. The molecular formula is C21H16F5N5. The number of H-pyrrole nitrogens is 1. The lowest BCUT2D eigenvalue weighted by Crippen LogP contribution is -2.37. The van der Waals surface area contributed by atoms with Crippen molar-refractivity contribution in [2.75, 3.05) is 5.32 Å². The van der Waals surface area contributed by atoms with Gasteiger partial charge >= 0.3 is 6.18 Å². The summed E-state index contributed by atoms with van der Waals surface area (Å²) in [7, 11) is 0. The molecule has 2 N–H and O–H groups in total. The zero-order chi connectivity index (χ0) is 22.3. The largest absolute Gasteiger partial charge is 0.419 e. The van der Waals surface area contributed by atoms with E-state index in [1.54, 1.807) is 13.8 Å². The molecule has 0 spiro atoms. The minimum atomic E-state index is -4.95. The number of aromatic amines is 1. The van der Waals surface area contributed by atoms with Gasteiger partial charge in [-0.1, -0.05) is 0 Å². The summed E-state index contributed by atoms with van der Waals surface area (Å²) in [5.74, 6) is -1.42. The van der Waals surface area contributed by atoms with Crippen molar-refractivity contribution in [1.29, 1.82) is 0 Å². The Bertz CT molecular complexity index is 1360. The van der Waals surface area contributed by atoms with Gasteiger partial charge in [-0.05, 0) is 50.6 Å². The van der Waals surface area contributed by atoms with Crippen LogP contribution in [0.15, 0.2) is 30.5 Å². The second-order valence-corrected chi connectivity index (χ2v) is 8.05. The van der Waals surface area contributed by atoms with Crippen molar-refractivity contribution in [1.82, 2.24) is 19.7 Å². The third kappa shape index (κ3) is 2.74. The molecule has 0 aliphatic carbocycles. The highest BCUT2D eigenvalue weighted by atomic mass is 19.4. The van der Waals surface area contributed by atoms with E-state index in [0.717, 1.165) is 18.2 Å². The summed E-state index contributed by atoms with van der Waals surface area (Å²) in [6.07, 6.45) is -3.49. The number of halogens is 5. The first kappa shape index (κ1) is 19.5. The summed E-state index contributed by atoms with van der Waals surface area (Å²) in [5.41, 5.74) is -3.12. The molecule has 4 aromatic rings. The predicted molar refractivity (Wildman–Crippen MR) is 105 cm³/mol. The number of aromatic nitrogens is 4. The molecule has 3 heterocycles. The fourth-order valence-corrected chi connectivity index (χ4v) is 4.27. The van der Waals surface area contributed by atoms with Crippen molar-refractivity contribution in [2.45, 2.75) is 32.5 Å². The van der Waals surface area contributed by atoms with E-state index in [2.05, 4.69) is 20.5 Å². The van der Waals surface area contributed by atoms with Gasteiger partial charge in [0, 0.05) is 22.7 Å². The Morgan fingerprint density at radius 3 is 2.52 bits per heavy atom. The lowest BCUT2D eigenvalue weighted by Gasteiger charge is -2.36. The van der Waals surface area contributed by atoms with E-state index in [4.69, 9.17) is 0 Å². The molecule has 1 aliphatic rings. The van der Waals surface area contributed by atoms with Gasteiger partial charge in [-0.15, -0.1) is 10.2 Å². The Labute approximate surface area is 172 Å². The predicted octanol–water partition coefficient (Wildman–Crippen LogP) is 5.68. The van der Waals surface area contributed by atoms with Gasteiger partial charge in [-0.25, -0.2) is 8.78 Å². The molecule has 160 valence electrons. The first-order valence-electron chi connectivity index (χ1n) is 9.41. The van der Waals surface area contributed by atoms with Crippen LogP contribution in [-0.2, 0) is 11.7 Å². The molecule has 0 amide bonds. The Morgan fingerprint density at radius 1 is 1.06 bits per heavy atom. The van der Waals surface area contributed by atoms with Crippen molar-refractivity contribution in [3.8, 4) is 16.8 Å². The van der Waals surface area contributed by atoms with Crippen LogP contribution >= 0.6 is 0 Å². The van der Waals surface area contributed by atoms with E-state index >= 15 is 4.39 Å². The molecule has 5 nitrogen and oxygen atoms in total. The van der Waals surface area contributed by atoms with Crippen LogP contribution in [0.1, 0.15) is 31.1 Å². The maximum Gasteiger partial charge on any atom is 0.419 e. The van der Waals surface area contributed by atoms with Crippen LogP contribution in [0, 0.1) is 18.6 Å². The first-order valence-corrected chi connectivity index (χ1v) is 9.41. The topological polar surface area (TPSA) is 58.5 Å². The average molecular weight is 433 g/mol. The van der Waals surface area contributed by atoms with E-state index in [-0.39, 0.29) is 39.5 Å². The minimum absolute atomic E-state index is 0.0457. The van der Waals surface area contributed by atoms with Crippen molar-refractivity contribution in [2.24, 2.45) is 0 Å². The fourth-order valence-electron chi connectivity index (χ4n) is 4.27. The number of aryl methyl sites for hydroxylation is 1. The molecule has 1 aliphatic heterocycles. The van der Waals surface area contributed by atoms with E-state index in [0.29, 0.717) is 0 Å². The van der Waals surface area contributed by atoms with Crippen LogP contribution in [0.25, 0.3) is 27.7 Å². The van der Waals surface area contributed by atoms with Crippen molar-refractivity contribution >= 4 is 16.6 Å². The van der Waals surface area contributed by atoms with E-state index in [9.17, 15) is 17.6 Å². The summed E-state index contributed by atoms with van der Waals surface area (Å²) < 4.78 is 74.4. The summed E-state index contributed by atoms with van der Waals surface area (Å²) in [4.78, 5) is 2.76. The van der Waals surface area contributed by atoms with Crippen molar-refractivity contribution in [3.63, 3.8) is 0 Å². The van der Waals surface area contributed by atoms with Crippen LogP contribution in [-0.4, -0.2) is 19.7 Å². The van der Waals surface area contributed by atoms with Gasteiger partial charge in [0.1, 0.15) is 17.5 Å². The fraction of sp³-hybridized carbons (Fsp3) is 0.238. The number of anilines is 1. The molecule has 10 heteroatoms. The maximum atomic E-state index is 15.4. The standard InChI is InChI=1S/C21H16F5N5/c1-9-29-30-19-20(2,3)28-15-8-13(23)16(17(21(24,25)26)18(15)31(9)19)12-6-10(22)7-14-11(12)4-5-27-14/h4-8,27-28H,1-3H3. The molecule has 31 heavy (non-hydrogen) atoms. The third-order valence-corrected chi connectivity index (χ3v) is 5.49. The van der Waals surface area contributed by atoms with Gasteiger partial charge in [-0.3, -0.25) is 4.57 Å². The zero-order valence-corrected chi connectivity index (χ0v) is 16.6. The highest BCUT2D eigenvalue weighted by Gasteiger charge is 2.45. The second-order valence-electron chi connectivity index (χ2n) is 8.05. The van der Waals surface area contributed by atoms with Crippen molar-refractivity contribution < 1.29 is 22.0 Å². The molecular weight excluding hydrogens is 417 g/mol. The highest BCUT2D eigenvalue weighted by Crippen LogP contribution is 2.50. The molecule has 0 radical (unpaired) electrons. The van der Waals surface area contributed by atoms with Crippen LogP contribution in [0.2, 0.25) is 0 Å². The number of alkyl halides is 3. The zero-order valence-electron chi connectivity index (χ0n) is 16.6. The Balaban J connectivity index is 1.97. The van der Waals surface area contributed by atoms with Crippen LogP contribution < -0.4 is 5.32 Å². The normalized spacial score (nSPS) is 15.0. The lowest BCUT2D eigenvalue weighted by atomic mass is 9.90. The second kappa shape index (κ2) is 6.05. The maximum absolute atomic E-state index is 15.4. The van der Waals surface area contributed by atoms with Crippen LogP contribution in [0.5, 0.6) is 0 Å². The lowest BCUT2D eigenvalue weighted by molar-refractivity contribution is -0.137. The van der Waals surface area contributed by atoms with Crippen LogP contribution in [0.3, 0.4) is 0 Å². The van der Waals surface area contributed by atoms with Gasteiger partial charge in [0.2, 0.25) is 0 Å². The molecule has 0 saturated heterocycles. The number of rotatable bonds is 1. The quantitative estimate of drug-likeness (QED) is 0.380. The summed E-state index contributed by atoms with van der Waals surface area (Å²) in [5, 5.41) is 11.2. The Hall–Kier alpha value is -3.43. The monoisotopic (exact) mass is 433 g/mol. The average Bonchev–Trinajstić information content (AvgIpc) is 3.26. The van der Waals surface area contributed by atoms with E-state index < -0.39 is 34.5 Å². The number of fused-ring (bicyclic) bond motifs is 4. The third-order valence-electron chi connectivity index (χ3n) is 5.49. The minimum Gasteiger partial charge on any atom is -0.371 e. The number of benzene rings is 2. The van der Waals surface area contributed by atoms with Gasteiger partial charge in [0.15, 0.2) is 5.82 Å². The SMILES string of the molecule is Cc1nnc2n1-c1c(cc(F)c(-c3cc(F)cc4[nH]ccc34)c1C(F)(F)F)NC2(C)C. The first-order chi connectivity index (χ1) is 14.5. The van der Waals surface area contributed by atoms with E-state index in [1.807, 2.05) is 0 Å². The van der Waals surface area contributed by atoms with Gasteiger partial charge in [0.25, 0.3) is 0 Å². The van der Waals surface area contributed by atoms with Crippen molar-refractivity contribution in [3.05, 3.63) is 59.3 Å². The molecule has 0 fully saturated rings. The summed E-state index contributed by atoms with van der Waals surface area (Å²) >= 11 is 0. The van der Waals surface area contributed by atoms with Gasteiger partial charge in [0.05, 0.1) is 22.5 Å². The molecule has 0 bridgehead atoms. The number of hydrogen-bond acceptors (Lipinski definition) is 3. The number of hydrogen-bond donors (Lipinski definition) is 2. The molecule has 2 aromatic heterocycles. The van der Waals surface area contributed by atoms with Crippen LogP contribution in [0.4, 0.5) is 27.6 Å². The van der Waals surface area contributed by atoms with Gasteiger partial charge in [-0.2, -0.15) is 13.2 Å². The smallest absolute Gasteiger partial charge is 0.371 e. The van der Waals surface area contributed by atoms with E-state index in [1.165, 1.54) is 23.8 Å². The Kier molecular flexibility index (Phi) is 3.81.